The van der Waals surface area contributed by atoms with Crippen LogP contribution in [-0.2, 0) is 0 Å². The third kappa shape index (κ3) is 3.14. The zero-order chi connectivity index (χ0) is 12.0. The minimum Gasteiger partial charge on any atom is -0.395 e. The fraction of sp³-hybridized carbons (Fsp3) is 0.444. The molecule has 1 aromatic rings. The average molecular weight is 226 g/mol. The van der Waals surface area contributed by atoms with Gasteiger partial charge in [-0.2, -0.15) is 0 Å². The largest absolute Gasteiger partial charge is 0.395 e. The highest BCUT2D eigenvalue weighted by Crippen LogP contribution is 2.02. The molecule has 0 atom stereocenters. The van der Waals surface area contributed by atoms with Crippen molar-refractivity contribution in [2.24, 2.45) is 0 Å². The summed E-state index contributed by atoms with van der Waals surface area (Å²) in [6.45, 7) is -0.0564. The van der Waals surface area contributed by atoms with Gasteiger partial charge in [0.2, 0.25) is 0 Å². The summed E-state index contributed by atoms with van der Waals surface area (Å²) in [6, 6.07) is 2.92. The second-order valence-electron chi connectivity index (χ2n) is 3.08. The molecular formula is C9H14N4O3. The fourth-order valence-corrected chi connectivity index (χ4v) is 1.17. The zero-order valence-corrected chi connectivity index (χ0v) is 8.70. The Morgan fingerprint density at radius 2 is 1.88 bits per heavy atom. The molecule has 0 aliphatic rings. The van der Waals surface area contributed by atoms with Gasteiger partial charge in [-0.1, -0.05) is 0 Å². The van der Waals surface area contributed by atoms with Crippen LogP contribution in [0.15, 0.2) is 12.1 Å². The number of nitrogens with two attached hydrogens (primary N) is 1. The average Bonchev–Trinajstić information content (AvgIpc) is 2.29. The summed E-state index contributed by atoms with van der Waals surface area (Å²) in [5.74, 6) is -0.164. The topological polar surface area (TPSA) is 113 Å². The molecule has 4 N–H and O–H groups in total. The Morgan fingerprint density at radius 1 is 1.25 bits per heavy atom. The number of amides is 1. The second-order valence-corrected chi connectivity index (χ2v) is 3.08. The number of aliphatic hydroxyl groups excluding tert-OH is 2. The number of carbonyl (C=O) groups excluding carboxylic acids is 1. The van der Waals surface area contributed by atoms with Crippen molar-refractivity contribution in [2.45, 2.75) is 0 Å². The number of hydrogen-bond acceptors (Lipinski definition) is 6. The molecule has 0 radical (unpaired) electrons. The summed E-state index contributed by atoms with van der Waals surface area (Å²) >= 11 is 0. The molecule has 16 heavy (non-hydrogen) atoms. The van der Waals surface area contributed by atoms with Crippen LogP contribution in [0.3, 0.4) is 0 Å². The molecule has 1 heterocycles. The number of aromatic nitrogens is 2. The van der Waals surface area contributed by atoms with Crippen LogP contribution >= 0.6 is 0 Å². The number of hydrogen-bond donors (Lipinski definition) is 3. The number of anilines is 1. The summed E-state index contributed by atoms with van der Waals surface area (Å²) in [5.41, 5.74) is 5.48. The molecule has 7 nitrogen and oxygen atoms in total. The van der Waals surface area contributed by atoms with Crippen LogP contribution in [0.1, 0.15) is 10.5 Å². The van der Waals surface area contributed by atoms with Gasteiger partial charge in [0.15, 0.2) is 5.69 Å². The van der Waals surface area contributed by atoms with Gasteiger partial charge in [0, 0.05) is 13.1 Å². The van der Waals surface area contributed by atoms with E-state index in [2.05, 4.69) is 10.2 Å². The predicted molar refractivity (Wildman–Crippen MR) is 56.5 cm³/mol. The number of nitrogens with zero attached hydrogens (tertiary/aromatic N) is 3. The number of nitrogen functional groups attached to an aromatic ring is 1. The van der Waals surface area contributed by atoms with Crippen molar-refractivity contribution in [3.63, 3.8) is 0 Å². The SMILES string of the molecule is Nc1ccc(C(=O)N(CCO)CCO)nn1. The van der Waals surface area contributed by atoms with Crippen LogP contribution in [0.4, 0.5) is 5.82 Å². The van der Waals surface area contributed by atoms with Crippen LogP contribution in [-0.4, -0.2) is 57.5 Å². The predicted octanol–water partition coefficient (Wildman–Crippen LogP) is -1.51. The maximum atomic E-state index is 11.8. The van der Waals surface area contributed by atoms with Gasteiger partial charge in [0.25, 0.3) is 5.91 Å². The number of rotatable bonds is 5. The zero-order valence-electron chi connectivity index (χ0n) is 8.70. The Kier molecular flexibility index (Phi) is 4.62. The lowest BCUT2D eigenvalue weighted by Gasteiger charge is -2.19. The van der Waals surface area contributed by atoms with E-state index < -0.39 is 5.91 Å². The molecule has 0 unspecified atom stereocenters. The Morgan fingerprint density at radius 3 is 2.31 bits per heavy atom. The molecule has 1 rings (SSSR count). The monoisotopic (exact) mass is 226 g/mol. The highest BCUT2D eigenvalue weighted by atomic mass is 16.3. The summed E-state index contributed by atoms with van der Waals surface area (Å²) in [5, 5.41) is 24.7. The van der Waals surface area contributed by atoms with Gasteiger partial charge in [-0.05, 0) is 12.1 Å². The van der Waals surface area contributed by atoms with Gasteiger partial charge in [0.1, 0.15) is 5.82 Å². The van der Waals surface area contributed by atoms with E-state index in [0.29, 0.717) is 0 Å². The first-order valence-electron chi connectivity index (χ1n) is 4.79. The maximum Gasteiger partial charge on any atom is 0.274 e. The van der Waals surface area contributed by atoms with Crippen LogP contribution in [0.5, 0.6) is 0 Å². The van der Waals surface area contributed by atoms with Gasteiger partial charge in [-0.25, -0.2) is 0 Å². The molecule has 0 spiro atoms. The molecule has 7 heteroatoms. The van der Waals surface area contributed by atoms with E-state index in [9.17, 15) is 4.79 Å². The van der Waals surface area contributed by atoms with Gasteiger partial charge in [-0.3, -0.25) is 4.79 Å². The van der Waals surface area contributed by atoms with E-state index in [1.54, 1.807) is 0 Å². The van der Waals surface area contributed by atoms with Crippen LogP contribution in [0, 0.1) is 0 Å². The molecule has 0 aliphatic heterocycles. The Labute approximate surface area is 92.5 Å². The van der Waals surface area contributed by atoms with E-state index in [1.807, 2.05) is 0 Å². The minimum absolute atomic E-state index is 0.135. The normalized spacial score (nSPS) is 10.1. The second kappa shape index (κ2) is 5.99. The third-order valence-corrected chi connectivity index (χ3v) is 1.93. The molecule has 88 valence electrons. The maximum absolute atomic E-state index is 11.8. The summed E-state index contributed by atoms with van der Waals surface area (Å²) < 4.78 is 0. The highest BCUT2D eigenvalue weighted by Gasteiger charge is 2.16. The molecule has 0 bridgehead atoms. The summed E-state index contributed by atoms with van der Waals surface area (Å²) in [4.78, 5) is 13.1. The molecule has 1 aromatic heterocycles. The first kappa shape index (κ1) is 12.3. The quantitative estimate of drug-likeness (QED) is 0.562. The van der Waals surface area contributed by atoms with E-state index in [0.717, 1.165) is 0 Å². The highest BCUT2D eigenvalue weighted by molar-refractivity contribution is 5.92. The Bertz CT molecular complexity index is 335. The van der Waals surface area contributed by atoms with E-state index >= 15 is 0 Å². The van der Waals surface area contributed by atoms with Crippen molar-refractivity contribution >= 4 is 11.7 Å². The van der Waals surface area contributed by atoms with Crippen molar-refractivity contribution in [1.29, 1.82) is 0 Å². The molecular weight excluding hydrogens is 212 g/mol. The van der Waals surface area contributed by atoms with E-state index in [-0.39, 0.29) is 37.8 Å². The van der Waals surface area contributed by atoms with Crippen molar-refractivity contribution < 1.29 is 15.0 Å². The van der Waals surface area contributed by atoms with Crippen molar-refractivity contribution in [3.05, 3.63) is 17.8 Å². The third-order valence-electron chi connectivity index (χ3n) is 1.93. The lowest BCUT2D eigenvalue weighted by molar-refractivity contribution is 0.0678. The summed E-state index contributed by atoms with van der Waals surface area (Å²) in [6.07, 6.45) is 0. The van der Waals surface area contributed by atoms with Gasteiger partial charge < -0.3 is 20.8 Å². The van der Waals surface area contributed by atoms with Crippen LogP contribution in [0.2, 0.25) is 0 Å². The molecule has 0 aliphatic carbocycles. The van der Waals surface area contributed by atoms with Crippen molar-refractivity contribution in [1.82, 2.24) is 15.1 Å². The first-order valence-corrected chi connectivity index (χ1v) is 4.79. The lowest BCUT2D eigenvalue weighted by Crippen LogP contribution is -2.36. The standard InChI is InChI=1S/C9H14N4O3/c10-8-2-1-7(11-12-8)9(16)13(3-5-14)4-6-15/h1-2,14-15H,3-6H2,(H2,10,12). The minimum atomic E-state index is -0.393. The lowest BCUT2D eigenvalue weighted by atomic mass is 10.3. The smallest absolute Gasteiger partial charge is 0.274 e. The molecule has 0 aromatic carbocycles. The van der Waals surface area contributed by atoms with Gasteiger partial charge in [0.05, 0.1) is 13.2 Å². The van der Waals surface area contributed by atoms with Crippen LogP contribution < -0.4 is 5.73 Å². The molecule has 0 saturated heterocycles. The Hall–Kier alpha value is -1.73. The fourth-order valence-electron chi connectivity index (χ4n) is 1.17. The first-order chi connectivity index (χ1) is 7.69. The van der Waals surface area contributed by atoms with E-state index in [1.165, 1.54) is 17.0 Å². The summed E-state index contributed by atoms with van der Waals surface area (Å²) in [7, 11) is 0. The number of aliphatic hydroxyl groups is 2. The van der Waals surface area contributed by atoms with E-state index in [4.69, 9.17) is 15.9 Å². The Balaban J connectivity index is 2.77. The van der Waals surface area contributed by atoms with Crippen molar-refractivity contribution in [2.75, 3.05) is 32.0 Å². The van der Waals surface area contributed by atoms with Gasteiger partial charge in [-0.15, -0.1) is 10.2 Å². The van der Waals surface area contributed by atoms with Gasteiger partial charge >= 0.3 is 0 Å². The number of carbonyl (C=O) groups is 1. The molecule has 0 fully saturated rings. The van der Waals surface area contributed by atoms with Crippen LogP contribution in [0.25, 0.3) is 0 Å². The molecule has 0 saturated carbocycles. The van der Waals surface area contributed by atoms with Crippen molar-refractivity contribution in [3.8, 4) is 0 Å². The molecule has 1 amide bonds.